The molecule has 2 saturated carbocycles. The van der Waals surface area contributed by atoms with E-state index in [0.717, 1.165) is 36.0 Å². The average Bonchev–Trinajstić information content (AvgIpc) is 3.96. The van der Waals surface area contributed by atoms with Gasteiger partial charge in [-0.3, -0.25) is 24.0 Å². The summed E-state index contributed by atoms with van der Waals surface area (Å²) in [7, 11) is -3.89. The van der Waals surface area contributed by atoms with Crippen molar-refractivity contribution in [3.8, 4) is 0 Å². The lowest BCUT2D eigenvalue weighted by atomic mass is 9.99. The number of sulfonamides is 1. The maximum atomic E-state index is 14.1. The Bertz CT molecular complexity index is 1630. The second-order valence-corrected chi connectivity index (χ2v) is 15.7. The molecule has 3 fully saturated rings. The number of ether oxygens (including phenoxy) is 2. The number of hydrogen-bond acceptors (Lipinski definition) is 9. The van der Waals surface area contributed by atoms with Gasteiger partial charge in [-0.05, 0) is 61.6 Å². The van der Waals surface area contributed by atoms with Crippen molar-refractivity contribution in [3.63, 3.8) is 0 Å². The fourth-order valence-electron chi connectivity index (χ4n) is 7.10. The summed E-state index contributed by atoms with van der Waals surface area (Å²) in [6.45, 7) is 6.47. The number of fused-ring (bicyclic) bond motifs is 3. The molecule has 1 aromatic carbocycles. The number of aryl methyl sites for hydroxylation is 1. The highest BCUT2D eigenvalue weighted by Crippen LogP contribution is 2.45. The second kappa shape index (κ2) is 14.0. The molecule has 49 heavy (non-hydrogen) atoms. The number of cyclic esters (lactones) is 1. The summed E-state index contributed by atoms with van der Waals surface area (Å²) >= 11 is 0. The van der Waals surface area contributed by atoms with E-state index in [1.54, 1.807) is 4.90 Å². The van der Waals surface area contributed by atoms with Gasteiger partial charge in [-0.2, -0.15) is 0 Å². The van der Waals surface area contributed by atoms with E-state index in [1.165, 1.54) is 11.0 Å². The number of carbonyl (C=O) groups excluding carboxylic acids is 5. The SMILES string of the molecule is C=C[C@@H]1C[C@@]1(NC(=O)[C@@H]1C[C@@H]2CN1C(=O)[C@H](CCCC)NC(=O)OCCCCc1cccc3c1CN(C3)C(=O)O2)C(=O)NS(=O)(=O)C1CC1. The van der Waals surface area contributed by atoms with Crippen LogP contribution >= 0.6 is 0 Å². The Hall–Kier alpha value is -4.14. The van der Waals surface area contributed by atoms with Crippen LogP contribution in [0.4, 0.5) is 9.59 Å². The predicted molar refractivity (Wildman–Crippen MR) is 176 cm³/mol. The van der Waals surface area contributed by atoms with Crippen LogP contribution in [0.25, 0.3) is 0 Å². The van der Waals surface area contributed by atoms with E-state index in [1.807, 2.05) is 25.1 Å². The van der Waals surface area contributed by atoms with Crippen molar-refractivity contribution < 1.29 is 41.9 Å². The highest BCUT2D eigenvalue weighted by molar-refractivity contribution is 7.91. The maximum absolute atomic E-state index is 14.1. The third-order valence-corrected chi connectivity index (χ3v) is 12.0. The first kappa shape index (κ1) is 34.7. The number of hydrogen-bond donors (Lipinski definition) is 3. The zero-order chi connectivity index (χ0) is 34.9. The molecule has 0 aromatic heterocycles. The van der Waals surface area contributed by atoms with E-state index in [4.69, 9.17) is 9.47 Å². The quantitative estimate of drug-likeness (QED) is 0.326. The summed E-state index contributed by atoms with van der Waals surface area (Å²) in [6.07, 6.45) is 4.06. The van der Waals surface area contributed by atoms with Crippen molar-refractivity contribution in [2.24, 2.45) is 5.92 Å². The molecule has 6 rings (SSSR count). The highest BCUT2D eigenvalue weighted by atomic mass is 32.2. The first-order valence-corrected chi connectivity index (χ1v) is 18.8. The van der Waals surface area contributed by atoms with Crippen LogP contribution in [0.1, 0.15) is 81.4 Å². The number of nitrogens with zero attached hydrogens (tertiary/aromatic N) is 2. The first-order chi connectivity index (χ1) is 23.5. The number of benzene rings is 1. The van der Waals surface area contributed by atoms with Crippen LogP contribution < -0.4 is 15.4 Å². The lowest BCUT2D eigenvalue weighted by Gasteiger charge is -2.29. The number of rotatable bonds is 9. The van der Waals surface area contributed by atoms with Gasteiger partial charge in [-0.25, -0.2) is 18.0 Å². The second-order valence-electron chi connectivity index (χ2n) is 13.8. The Labute approximate surface area is 286 Å². The third-order valence-electron chi connectivity index (χ3n) is 10.2. The Morgan fingerprint density at radius 1 is 1.14 bits per heavy atom. The van der Waals surface area contributed by atoms with Crippen molar-refractivity contribution in [1.29, 1.82) is 0 Å². The number of unbranched alkanes of at least 4 members (excludes halogenated alkanes) is 1. The molecule has 3 aliphatic heterocycles. The lowest BCUT2D eigenvalue weighted by molar-refractivity contribution is -0.141. The summed E-state index contributed by atoms with van der Waals surface area (Å²) < 4.78 is 38.7. The summed E-state index contributed by atoms with van der Waals surface area (Å²) in [6, 6.07) is 3.78. The van der Waals surface area contributed by atoms with Crippen molar-refractivity contribution in [2.75, 3.05) is 13.2 Å². The summed E-state index contributed by atoms with van der Waals surface area (Å²) in [5, 5.41) is 4.78. The fourth-order valence-corrected chi connectivity index (χ4v) is 8.46. The Kier molecular flexibility index (Phi) is 9.92. The molecular weight excluding hydrogens is 654 g/mol. The van der Waals surface area contributed by atoms with Gasteiger partial charge in [-0.15, -0.1) is 6.58 Å². The molecule has 3 N–H and O–H groups in total. The van der Waals surface area contributed by atoms with Gasteiger partial charge in [0.15, 0.2) is 0 Å². The molecule has 0 radical (unpaired) electrons. The number of nitrogens with one attached hydrogen (secondary N) is 3. The van der Waals surface area contributed by atoms with Gasteiger partial charge in [0.1, 0.15) is 23.7 Å². The minimum absolute atomic E-state index is 0.0584. The molecule has 14 nitrogen and oxygen atoms in total. The van der Waals surface area contributed by atoms with Crippen LogP contribution in [0.2, 0.25) is 0 Å². The summed E-state index contributed by atoms with van der Waals surface area (Å²) in [5.74, 6) is -2.62. The number of alkyl carbamates (subject to hydrolysis) is 1. The van der Waals surface area contributed by atoms with Crippen LogP contribution in [-0.2, 0) is 53.4 Å². The van der Waals surface area contributed by atoms with Crippen LogP contribution in [-0.4, -0.2) is 90.3 Å². The lowest BCUT2D eigenvalue weighted by Crippen LogP contribution is -2.58. The van der Waals surface area contributed by atoms with E-state index in [9.17, 15) is 32.4 Å². The van der Waals surface area contributed by atoms with Gasteiger partial charge < -0.3 is 25.0 Å². The fraction of sp³-hybridized carbons (Fsp3) is 0.618. The Morgan fingerprint density at radius 2 is 1.92 bits per heavy atom. The molecule has 15 heteroatoms. The van der Waals surface area contributed by atoms with Crippen LogP contribution in [0, 0.1) is 5.92 Å². The standard InChI is InChI=1S/C34H45N5O9S/c1-3-5-12-27-30(41)39-19-24(16-28(39)29(40)36-34(17-23(34)4-2)31(42)37-49(45,46)25-13-14-25)48-33(44)38-18-22-11-8-10-21(26(22)20-38)9-6-7-15-47-32(43)35-27/h4,8,10-11,23-25,27-28H,2-3,5-7,9,12-20H2,1H3,(H,35,43)(H,36,40)(H,37,42)/t23-,24-,27+,28+,34+/m1/s1. The Morgan fingerprint density at radius 3 is 2.63 bits per heavy atom. The third kappa shape index (κ3) is 7.41. The molecule has 0 unspecified atom stereocenters. The molecule has 5 amide bonds. The van der Waals surface area contributed by atoms with Gasteiger partial charge in [0.25, 0.3) is 5.91 Å². The smallest absolute Gasteiger partial charge is 0.410 e. The van der Waals surface area contributed by atoms with Crippen molar-refractivity contribution in [1.82, 2.24) is 25.2 Å². The monoisotopic (exact) mass is 699 g/mol. The molecule has 0 spiro atoms. The van der Waals surface area contributed by atoms with E-state index in [0.29, 0.717) is 38.8 Å². The molecule has 1 aromatic rings. The average molecular weight is 700 g/mol. The summed E-state index contributed by atoms with van der Waals surface area (Å²) in [5.41, 5.74) is 1.65. The van der Waals surface area contributed by atoms with E-state index >= 15 is 0 Å². The normalized spacial score (nSPS) is 28.8. The van der Waals surface area contributed by atoms with Gasteiger partial charge >= 0.3 is 12.2 Å². The van der Waals surface area contributed by atoms with Gasteiger partial charge in [0.05, 0.1) is 18.4 Å². The minimum Gasteiger partial charge on any atom is -0.450 e. The molecule has 1 saturated heterocycles. The van der Waals surface area contributed by atoms with Crippen LogP contribution in [0.3, 0.4) is 0 Å². The zero-order valence-corrected chi connectivity index (χ0v) is 28.6. The number of amides is 5. The molecule has 3 heterocycles. The number of carbonyl (C=O) groups is 5. The minimum atomic E-state index is -3.89. The molecule has 2 aliphatic carbocycles. The molecule has 5 aliphatic rings. The van der Waals surface area contributed by atoms with Gasteiger partial charge in [-0.1, -0.05) is 44.0 Å². The highest BCUT2D eigenvalue weighted by Gasteiger charge is 2.62. The first-order valence-electron chi connectivity index (χ1n) is 17.2. The van der Waals surface area contributed by atoms with Gasteiger partial charge in [0.2, 0.25) is 21.8 Å². The van der Waals surface area contributed by atoms with Crippen LogP contribution in [0.5, 0.6) is 0 Å². The molecular formula is C34H45N5O9S. The van der Waals surface area contributed by atoms with Crippen molar-refractivity contribution in [2.45, 2.75) is 113 Å². The van der Waals surface area contributed by atoms with Crippen molar-refractivity contribution in [3.05, 3.63) is 47.5 Å². The molecule has 5 atom stereocenters. The maximum Gasteiger partial charge on any atom is 0.410 e. The van der Waals surface area contributed by atoms with Crippen molar-refractivity contribution >= 4 is 39.9 Å². The molecule has 266 valence electrons. The summed E-state index contributed by atoms with van der Waals surface area (Å²) in [4.78, 5) is 70.7. The largest absolute Gasteiger partial charge is 0.450 e. The van der Waals surface area contributed by atoms with Gasteiger partial charge in [0, 0.05) is 25.4 Å². The topological polar surface area (TPSA) is 181 Å². The Balaban J connectivity index is 1.25. The van der Waals surface area contributed by atoms with E-state index in [-0.39, 0.29) is 32.4 Å². The van der Waals surface area contributed by atoms with Crippen LogP contribution in [0.15, 0.2) is 30.9 Å². The predicted octanol–water partition coefficient (Wildman–Crippen LogP) is 2.40. The molecule has 4 bridgehead atoms. The van der Waals surface area contributed by atoms with E-state index in [2.05, 4.69) is 21.9 Å². The zero-order valence-electron chi connectivity index (χ0n) is 27.8. The van der Waals surface area contributed by atoms with E-state index < -0.39 is 74.8 Å².